The third-order valence-corrected chi connectivity index (χ3v) is 6.27. The summed E-state index contributed by atoms with van der Waals surface area (Å²) in [6.07, 6.45) is 10.8. The molecular formula is C28H40O5. The molecule has 4 atom stereocenters. The highest BCUT2D eigenvalue weighted by molar-refractivity contribution is 5.85. The normalized spacial score (nSPS) is 22.1. The molecule has 1 aromatic carbocycles. The van der Waals surface area contributed by atoms with Crippen LogP contribution in [0.15, 0.2) is 48.6 Å². The highest BCUT2D eigenvalue weighted by Gasteiger charge is 2.40. The smallest absolute Gasteiger partial charge is 0.305 e. The zero-order valence-electron chi connectivity index (χ0n) is 20.1. The Labute approximate surface area is 198 Å². The van der Waals surface area contributed by atoms with Gasteiger partial charge in [-0.25, -0.2) is 0 Å². The maximum atomic E-state index is 12.6. The third-order valence-electron chi connectivity index (χ3n) is 6.27. The van der Waals surface area contributed by atoms with Gasteiger partial charge in [-0.05, 0) is 43.7 Å². The van der Waals surface area contributed by atoms with Crippen molar-refractivity contribution in [2.75, 3.05) is 6.61 Å². The fraction of sp³-hybridized carbons (Fsp3) is 0.571. The quantitative estimate of drug-likeness (QED) is 0.227. The van der Waals surface area contributed by atoms with E-state index < -0.39 is 12.2 Å². The standard InChI is InChI=1S/C28H40O5/c1-3-5-9-17-25(29)23(21-14-10-8-11-15-21)19-24-22(26(30)20-27(24)31)16-12-6-7-13-18-28(32)33-4-2/h6,8,10-12,14-15,19,22,24-25,27,29,31H,3-5,7,9,13,16-18,20H2,1-2H3/b12-6-,23-19+/t22-,24-,25+,27-/m1/s1. The van der Waals surface area contributed by atoms with Gasteiger partial charge in [-0.15, -0.1) is 0 Å². The van der Waals surface area contributed by atoms with Crippen molar-refractivity contribution in [2.24, 2.45) is 11.8 Å². The lowest BCUT2D eigenvalue weighted by atomic mass is 9.86. The SMILES string of the molecule is CCCCC[C@H](O)/C(=C/[C@H]1[C@H](O)CC(=O)[C@@H]1C/C=C\CCCC(=O)OCC)c1ccccc1. The molecule has 0 unspecified atom stereocenters. The summed E-state index contributed by atoms with van der Waals surface area (Å²) in [6, 6.07) is 9.75. The van der Waals surface area contributed by atoms with Crippen LogP contribution in [0.4, 0.5) is 0 Å². The topological polar surface area (TPSA) is 83.8 Å². The van der Waals surface area contributed by atoms with Crippen LogP contribution in [-0.4, -0.2) is 40.8 Å². The zero-order valence-corrected chi connectivity index (χ0v) is 20.1. The molecule has 0 spiro atoms. The van der Waals surface area contributed by atoms with Crippen LogP contribution in [0, 0.1) is 11.8 Å². The van der Waals surface area contributed by atoms with E-state index in [2.05, 4.69) is 6.92 Å². The molecular weight excluding hydrogens is 416 g/mol. The Morgan fingerprint density at radius 2 is 1.91 bits per heavy atom. The van der Waals surface area contributed by atoms with Crippen molar-refractivity contribution in [2.45, 2.75) is 83.8 Å². The highest BCUT2D eigenvalue weighted by Crippen LogP contribution is 2.36. The van der Waals surface area contributed by atoms with E-state index >= 15 is 0 Å². The first-order valence-corrected chi connectivity index (χ1v) is 12.4. The fourth-order valence-electron chi connectivity index (χ4n) is 4.43. The predicted octanol–water partition coefficient (Wildman–Crippen LogP) is 5.26. The summed E-state index contributed by atoms with van der Waals surface area (Å²) in [4.78, 5) is 24.0. The molecule has 1 aromatic rings. The zero-order chi connectivity index (χ0) is 24.1. The van der Waals surface area contributed by atoms with Crippen LogP contribution in [0.2, 0.25) is 0 Å². The van der Waals surface area contributed by atoms with Crippen LogP contribution < -0.4 is 0 Å². The molecule has 0 amide bonds. The Morgan fingerprint density at radius 1 is 1.15 bits per heavy atom. The fourth-order valence-corrected chi connectivity index (χ4v) is 4.43. The molecule has 5 heteroatoms. The molecule has 1 fully saturated rings. The van der Waals surface area contributed by atoms with Gasteiger partial charge >= 0.3 is 5.97 Å². The minimum atomic E-state index is -0.735. The number of ether oxygens (including phenoxy) is 1. The Kier molecular flexibility index (Phi) is 12.1. The Bertz CT molecular complexity index is 783. The first kappa shape index (κ1) is 27.0. The molecule has 2 rings (SSSR count). The number of hydrogen-bond acceptors (Lipinski definition) is 5. The number of carbonyl (C=O) groups is 2. The van der Waals surface area contributed by atoms with E-state index in [0.29, 0.717) is 32.3 Å². The van der Waals surface area contributed by atoms with Crippen molar-refractivity contribution in [1.82, 2.24) is 0 Å². The summed E-state index contributed by atoms with van der Waals surface area (Å²) in [7, 11) is 0. The van der Waals surface area contributed by atoms with Crippen LogP contribution in [0.3, 0.4) is 0 Å². The molecule has 0 aromatic heterocycles. The Hall–Kier alpha value is -2.24. The van der Waals surface area contributed by atoms with E-state index in [4.69, 9.17) is 4.74 Å². The van der Waals surface area contributed by atoms with Crippen LogP contribution in [0.5, 0.6) is 0 Å². The van der Waals surface area contributed by atoms with E-state index in [1.807, 2.05) is 48.6 Å². The van der Waals surface area contributed by atoms with Crippen LogP contribution in [0.25, 0.3) is 5.57 Å². The number of hydrogen-bond donors (Lipinski definition) is 2. The Morgan fingerprint density at radius 3 is 2.61 bits per heavy atom. The second kappa shape index (κ2) is 14.8. The molecule has 0 aliphatic heterocycles. The summed E-state index contributed by atoms with van der Waals surface area (Å²) in [5.41, 5.74) is 1.73. The van der Waals surface area contributed by atoms with Crippen LogP contribution in [0.1, 0.15) is 77.2 Å². The average Bonchev–Trinajstić information content (AvgIpc) is 3.07. The first-order valence-electron chi connectivity index (χ1n) is 12.4. The summed E-state index contributed by atoms with van der Waals surface area (Å²) < 4.78 is 4.93. The first-order chi connectivity index (χ1) is 16.0. The number of allylic oxidation sites excluding steroid dienone is 2. The largest absolute Gasteiger partial charge is 0.466 e. The van der Waals surface area contributed by atoms with Crippen LogP contribution >= 0.6 is 0 Å². The Balaban J connectivity index is 2.09. The molecule has 1 aliphatic rings. The number of unbranched alkanes of at least 4 members (excludes halogenated alkanes) is 3. The molecule has 5 nitrogen and oxygen atoms in total. The number of aliphatic hydroxyl groups excluding tert-OH is 2. The van der Waals surface area contributed by atoms with Crippen molar-refractivity contribution in [3.05, 3.63) is 54.1 Å². The molecule has 0 bridgehead atoms. The predicted molar refractivity (Wildman–Crippen MR) is 131 cm³/mol. The number of esters is 1. The number of Topliss-reactive ketones (excluding diaryl/α,β-unsaturated/α-hetero) is 1. The summed E-state index contributed by atoms with van der Waals surface area (Å²) >= 11 is 0. The summed E-state index contributed by atoms with van der Waals surface area (Å²) in [6.45, 7) is 4.33. The lowest BCUT2D eigenvalue weighted by molar-refractivity contribution is -0.143. The second-order valence-electron chi connectivity index (χ2n) is 8.83. The van der Waals surface area contributed by atoms with Gasteiger partial charge in [0.1, 0.15) is 5.78 Å². The van der Waals surface area contributed by atoms with Crippen molar-refractivity contribution in [3.8, 4) is 0 Å². The molecule has 1 saturated carbocycles. The van der Waals surface area contributed by atoms with E-state index in [0.717, 1.165) is 36.8 Å². The molecule has 2 N–H and O–H groups in total. The molecule has 33 heavy (non-hydrogen) atoms. The maximum Gasteiger partial charge on any atom is 0.305 e. The van der Waals surface area contributed by atoms with E-state index in [-0.39, 0.29) is 30.0 Å². The van der Waals surface area contributed by atoms with Crippen LogP contribution in [-0.2, 0) is 14.3 Å². The molecule has 1 aliphatic carbocycles. The van der Waals surface area contributed by atoms with Gasteiger partial charge in [0.25, 0.3) is 0 Å². The van der Waals surface area contributed by atoms with Gasteiger partial charge in [0.15, 0.2) is 0 Å². The number of aliphatic hydroxyl groups is 2. The van der Waals surface area contributed by atoms with Gasteiger partial charge in [0.05, 0.1) is 18.8 Å². The van der Waals surface area contributed by atoms with Gasteiger partial charge < -0.3 is 14.9 Å². The molecule has 0 saturated heterocycles. The molecule has 0 heterocycles. The molecule has 182 valence electrons. The third kappa shape index (κ3) is 8.90. The lowest BCUT2D eigenvalue weighted by Gasteiger charge is -2.22. The van der Waals surface area contributed by atoms with Gasteiger partial charge in [0, 0.05) is 24.7 Å². The van der Waals surface area contributed by atoms with Gasteiger partial charge in [-0.3, -0.25) is 9.59 Å². The average molecular weight is 457 g/mol. The maximum absolute atomic E-state index is 12.6. The van der Waals surface area contributed by atoms with Crippen molar-refractivity contribution >= 4 is 17.3 Å². The van der Waals surface area contributed by atoms with Gasteiger partial charge in [-0.1, -0.05) is 74.7 Å². The monoisotopic (exact) mass is 456 g/mol. The second-order valence-corrected chi connectivity index (χ2v) is 8.83. The number of rotatable bonds is 14. The highest BCUT2D eigenvalue weighted by atomic mass is 16.5. The lowest BCUT2D eigenvalue weighted by Crippen LogP contribution is -2.20. The molecule has 0 radical (unpaired) electrons. The van der Waals surface area contributed by atoms with E-state index in [1.165, 1.54) is 0 Å². The summed E-state index contributed by atoms with van der Waals surface area (Å²) in [5, 5.41) is 21.6. The van der Waals surface area contributed by atoms with Crippen molar-refractivity contribution < 1.29 is 24.5 Å². The number of ketones is 1. The number of benzene rings is 1. The van der Waals surface area contributed by atoms with E-state index in [9.17, 15) is 19.8 Å². The van der Waals surface area contributed by atoms with Gasteiger partial charge in [0.2, 0.25) is 0 Å². The minimum Gasteiger partial charge on any atom is -0.466 e. The van der Waals surface area contributed by atoms with E-state index in [1.54, 1.807) is 6.92 Å². The minimum absolute atomic E-state index is 0.0628. The summed E-state index contributed by atoms with van der Waals surface area (Å²) in [5.74, 6) is -0.746. The van der Waals surface area contributed by atoms with Gasteiger partial charge in [-0.2, -0.15) is 0 Å². The van der Waals surface area contributed by atoms with Crippen molar-refractivity contribution in [1.29, 1.82) is 0 Å². The number of carbonyl (C=O) groups excluding carboxylic acids is 2. The van der Waals surface area contributed by atoms with Crippen molar-refractivity contribution in [3.63, 3.8) is 0 Å².